The first-order valence-electron chi connectivity index (χ1n) is 3.82. The zero-order chi connectivity index (χ0) is 8.69. The van der Waals surface area contributed by atoms with Crippen molar-refractivity contribution in [1.82, 2.24) is 0 Å². The molecule has 0 spiro atoms. The number of allylic oxidation sites excluding steroid dienone is 2. The van der Waals surface area contributed by atoms with E-state index in [9.17, 15) is 10.2 Å². The second-order valence-corrected chi connectivity index (χ2v) is 2.45. The molecule has 11 heavy (non-hydrogen) atoms. The van der Waals surface area contributed by atoms with Crippen LogP contribution in [0.4, 0.5) is 0 Å². The van der Waals surface area contributed by atoms with Crippen molar-refractivity contribution in [2.75, 3.05) is 0 Å². The highest BCUT2D eigenvalue weighted by Crippen LogP contribution is 2.03. The van der Waals surface area contributed by atoms with Gasteiger partial charge in [0.15, 0.2) is 0 Å². The fraction of sp³-hybridized carbons (Fsp3) is 0.556. The Morgan fingerprint density at radius 3 is 2.55 bits per heavy atom. The van der Waals surface area contributed by atoms with Crippen LogP contribution in [0.15, 0.2) is 24.8 Å². The van der Waals surface area contributed by atoms with Crippen LogP contribution in [-0.4, -0.2) is 22.4 Å². The molecule has 0 radical (unpaired) electrons. The van der Waals surface area contributed by atoms with E-state index in [-0.39, 0.29) is 0 Å². The van der Waals surface area contributed by atoms with Gasteiger partial charge in [-0.3, -0.25) is 0 Å². The molecule has 0 bridgehead atoms. The highest BCUT2D eigenvalue weighted by atomic mass is 16.3. The van der Waals surface area contributed by atoms with Crippen molar-refractivity contribution in [1.29, 1.82) is 0 Å². The van der Waals surface area contributed by atoms with E-state index in [0.29, 0.717) is 6.42 Å². The van der Waals surface area contributed by atoms with Crippen molar-refractivity contribution in [2.45, 2.75) is 32.0 Å². The van der Waals surface area contributed by atoms with Crippen LogP contribution < -0.4 is 0 Å². The van der Waals surface area contributed by atoms with Gasteiger partial charge in [-0.1, -0.05) is 18.2 Å². The Labute approximate surface area is 67.9 Å². The van der Waals surface area contributed by atoms with E-state index >= 15 is 0 Å². The molecule has 0 amide bonds. The van der Waals surface area contributed by atoms with Crippen molar-refractivity contribution >= 4 is 0 Å². The molecule has 0 rings (SSSR count). The van der Waals surface area contributed by atoms with E-state index in [2.05, 4.69) is 6.58 Å². The summed E-state index contributed by atoms with van der Waals surface area (Å²) in [7, 11) is 0. The van der Waals surface area contributed by atoms with Gasteiger partial charge < -0.3 is 10.2 Å². The molecule has 0 aliphatic carbocycles. The van der Waals surface area contributed by atoms with E-state index in [0.717, 1.165) is 6.42 Å². The number of aliphatic hydroxyl groups is 2. The van der Waals surface area contributed by atoms with Gasteiger partial charge in [0, 0.05) is 0 Å². The van der Waals surface area contributed by atoms with E-state index < -0.39 is 12.2 Å². The largest absolute Gasteiger partial charge is 0.390 e. The molecule has 2 nitrogen and oxygen atoms in total. The molecule has 0 unspecified atom stereocenters. The SMILES string of the molecule is C=CCC[C@H](O)[C@@H](O)/C=C/C. The van der Waals surface area contributed by atoms with Gasteiger partial charge in [-0.15, -0.1) is 6.58 Å². The standard InChI is InChI=1S/C9H16O2/c1-3-5-7-9(11)8(10)6-4-2/h3-4,6,8-11H,1,5,7H2,2H3/b6-4+/t8-,9-/m0/s1. The van der Waals surface area contributed by atoms with Gasteiger partial charge in [-0.05, 0) is 19.8 Å². The maximum absolute atomic E-state index is 9.23. The zero-order valence-electron chi connectivity index (χ0n) is 6.90. The third-order valence-electron chi connectivity index (χ3n) is 1.45. The van der Waals surface area contributed by atoms with E-state index in [1.54, 1.807) is 18.2 Å². The highest BCUT2D eigenvalue weighted by molar-refractivity contribution is 4.90. The maximum atomic E-state index is 9.23. The summed E-state index contributed by atoms with van der Waals surface area (Å²) >= 11 is 0. The molecule has 2 N–H and O–H groups in total. The summed E-state index contributed by atoms with van der Waals surface area (Å²) < 4.78 is 0. The maximum Gasteiger partial charge on any atom is 0.0979 e. The Bertz CT molecular complexity index is 130. The first-order valence-corrected chi connectivity index (χ1v) is 3.82. The molecule has 0 saturated heterocycles. The van der Waals surface area contributed by atoms with Gasteiger partial charge in [0.2, 0.25) is 0 Å². The molecular weight excluding hydrogens is 140 g/mol. The van der Waals surface area contributed by atoms with E-state index in [1.165, 1.54) is 0 Å². The van der Waals surface area contributed by atoms with Crippen LogP contribution in [0.2, 0.25) is 0 Å². The van der Waals surface area contributed by atoms with Gasteiger partial charge in [0.05, 0.1) is 12.2 Å². The fourth-order valence-corrected chi connectivity index (χ4v) is 0.785. The van der Waals surface area contributed by atoms with E-state index in [1.807, 2.05) is 6.92 Å². The lowest BCUT2D eigenvalue weighted by Crippen LogP contribution is -2.23. The summed E-state index contributed by atoms with van der Waals surface area (Å²) in [4.78, 5) is 0. The average Bonchev–Trinajstić information content (AvgIpc) is 2.00. The van der Waals surface area contributed by atoms with Crippen LogP contribution in [0, 0.1) is 0 Å². The smallest absolute Gasteiger partial charge is 0.0979 e. The lowest BCUT2D eigenvalue weighted by atomic mass is 10.1. The van der Waals surface area contributed by atoms with Crippen molar-refractivity contribution < 1.29 is 10.2 Å². The summed E-state index contributed by atoms with van der Waals surface area (Å²) in [5, 5.41) is 18.4. The zero-order valence-corrected chi connectivity index (χ0v) is 6.90. The number of hydrogen-bond donors (Lipinski definition) is 2. The average molecular weight is 156 g/mol. The van der Waals surface area contributed by atoms with Crippen molar-refractivity contribution in [2.24, 2.45) is 0 Å². The minimum absolute atomic E-state index is 0.564. The topological polar surface area (TPSA) is 40.5 Å². The minimum Gasteiger partial charge on any atom is -0.390 e. The summed E-state index contributed by atoms with van der Waals surface area (Å²) in [6.45, 7) is 5.34. The third kappa shape index (κ3) is 4.76. The Kier molecular flexibility index (Phi) is 5.80. The van der Waals surface area contributed by atoms with Crippen LogP contribution in [0.1, 0.15) is 19.8 Å². The van der Waals surface area contributed by atoms with Crippen molar-refractivity contribution in [3.05, 3.63) is 24.8 Å². The fourth-order valence-electron chi connectivity index (χ4n) is 0.785. The quantitative estimate of drug-likeness (QED) is 0.588. The van der Waals surface area contributed by atoms with E-state index in [4.69, 9.17) is 0 Å². The van der Waals surface area contributed by atoms with Gasteiger partial charge in [0.1, 0.15) is 0 Å². The predicted octanol–water partition coefficient (Wildman–Crippen LogP) is 1.25. The first kappa shape index (κ1) is 10.4. The third-order valence-corrected chi connectivity index (χ3v) is 1.45. The number of rotatable bonds is 5. The summed E-state index contributed by atoms with van der Waals surface area (Å²) in [6, 6.07) is 0. The molecule has 0 saturated carbocycles. The molecule has 2 heteroatoms. The van der Waals surface area contributed by atoms with Crippen molar-refractivity contribution in [3.8, 4) is 0 Å². The monoisotopic (exact) mass is 156 g/mol. The minimum atomic E-state index is -0.736. The molecule has 0 aromatic rings. The molecule has 0 aromatic heterocycles. The summed E-state index contributed by atoms with van der Waals surface area (Å²) in [5.41, 5.74) is 0. The molecular formula is C9H16O2. The summed E-state index contributed by atoms with van der Waals surface area (Å²) in [5.74, 6) is 0. The number of hydrogen-bond acceptors (Lipinski definition) is 2. The molecule has 0 heterocycles. The molecule has 0 fully saturated rings. The molecule has 0 aliphatic rings. The summed E-state index contributed by atoms with van der Waals surface area (Å²) in [6.07, 6.45) is 4.93. The Morgan fingerprint density at radius 2 is 2.09 bits per heavy atom. The molecule has 2 atom stereocenters. The van der Waals surface area contributed by atoms with Gasteiger partial charge in [0.25, 0.3) is 0 Å². The number of aliphatic hydroxyl groups excluding tert-OH is 2. The molecule has 0 aromatic carbocycles. The molecule has 64 valence electrons. The Morgan fingerprint density at radius 1 is 1.45 bits per heavy atom. The second kappa shape index (κ2) is 6.13. The van der Waals surface area contributed by atoms with Crippen LogP contribution in [0.5, 0.6) is 0 Å². The molecule has 0 aliphatic heterocycles. The van der Waals surface area contributed by atoms with Crippen LogP contribution in [-0.2, 0) is 0 Å². The lowest BCUT2D eigenvalue weighted by molar-refractivity contribution is 0.0439. The van der Waals surface area contributed by atoms with Gasteiger partial charge in [-0.2, -0.15) is 0 Å². The van der Waals surface area contributed by atoms with Gasteiger partial charge >= 0.3 is 0 Å². The normalized spacial score (nSPS) is 16.6. The Hall–Kier alpha value is -0.600. The predicted molar refractivity (Wildman–Crippen MR) is 46.3 cm³/mol. The van der Waals surface area contributed by atoms with Crippen LogP contribution >= 0.6 is 0 Å². The van der Waals surface area contributed by atoms with Crippen molar-refractivity contribution in [3.63, 3.8) is 0 Å². The first-order chi connectivity index (χ1) is 5.22. The van der Waals surface area contributed by atoms with Crippen LogP contribution in [0.3, 0.4) is 0 Å². The highest BCUT2D eigenvalue weighted by Gasteiger charge is 2.10. The van der Waals surface area contributed by atoms with Gasteiger partial charge in [-0.25, -0.2) is 0 Å². The van der Waals surface area contributed by atoms with Crippen LogP contribution in [0.25, 0.3) is 0 Å². The second-order valence-electron chi connectivity index (χ2n) is 2.45. The lowest BCUT2D eigenvalue weighted by Gasteiger charge is -2.12. The Balaban J connectivity index is 3.62.